The minimum atomic E-state index is -4.93. The van der Waals surface area contributed by atoms with Crippen LogP contribution in [0.15, 0.2) is 85.2 Å². The maximum absolute atomic E-state index is 14.3. The van der Waals surface area contributed by atoms with Crippen molar-refractivity contribution in [2.45, 2.75) is 11.8 Å². The number of nitrogens with zero attached hydrogens (tertiary/aromatic N) is 2. The van der Waals surface area contributed by atoms with Crippen molar-refractivity contribution in [1.82, 2.24) is 14.8 Å². The average Bonchev–Trinajstić information content (AvgIpc) is 3.37. The van der Waals surface area contributed by atoms with Crippen LogP contribution in [0.25, 0.3) is 27.5 Å². The molecule has 2 aromatic heterocycles. The predicted octanol–water partition coefficient (Wildman–Crippen LogP) is 5.31. The van der Waals surface area contributed by atoms with E-state index in [1.807, 2.05) is 30.3 Å². The second-order valence-corrected chi connectivity index (χ2v) is 7.12. The molecule has 2 N–H and O–H groups in total. The molecule has 0 saturated carbocycles. The Hall–Kier alpha value is -3.58. The summed E-state index contributed by atoms with van der Waals surface area (Å²) >= 11 is 0. The molecule has 0 aliphatic carbocycles. The lowest BCUT2D eigenvalue weighted by atomic mass is 9.85. The highest BCUT2D eigenvalue weighted by Crippen LogP contribution is 2.47. The molecule has 4 nitrogen and oxygen atoms in total. The molecule has 7 heteroatoms. The third-order valence-corrected chi connectivity index (χ3v) is 5.38. The Kier molecular flexibility index (Phi) is 3.98. The molecule has 1 atom stereocenters. The van der Waals surface area contributed by atoms with Gasteiger partial charge in [-0.2, -0.15) is 18.3 Å². The van der Waals surface area contributed by atoms with Gasteiger partial charge in [0.25, 0.3) is 0 Å². The van der Waals surface area contributed by atoms with Crippen molar-refractivity contribution in [2.75, 3.05) is 0 Å². The van der Waals surface area contributed by atoms with Gasteiger partial charge in [-0.15, -0.1) is 0 Å². The van der Waals surface area contributed by atoms with E-state index in [4.69, 9.17) is 0 Å². The first-order valence-electron chi connectivity index (χ1n) is 9.29. The summed E-state index contributed by atoms with van der Waals surface area (Å²) < 4.78 is 44.5. The van der Waals surface area contributed by atoms with Crippen LogP contribution in [0.5, 0.6) is 0 Å². The number of halogens is 3. The quantitative estimate of drug-likeness (QED) is 0.426. The van der Waals surface area contributed by atoms with Crippen molar-refractivity contribution in [2.24, 2.45) is 0 Å². The van der Waals surface area contributed by atoms with Gasteiger partial charge in [0.1, 0.15) is 0 Å². The summed E-state index contributed by atoms with van der Waals surface area (Å²) in [6.07, 6.45) is -2.21. The average molecular weight is 407 g/mol. The van der Waals surface area contributed by atoms with Crippen LogP contribution in [0.4, 0.5) is 13.2 Å². The summed E-state index contributed by atoms with van der Waals surface area (Å²) in [4.78, 5) is 2.82. The van der Waals surface area contributed by atoms with Crippen molar-refractivity contribution >= 4 is 21.8 Å². The Morgan fingerprint density at radius 2 is 1.63 bits per heavy atom. The van der Waals surface area contributed by atoms with E-state index in [0.29, 0.717) is 21.8 Å². The minimum Gasteiger partial charge on any atom is -0.372 e. The van der Waals surface area contributed by atoms with E-state index in [2.05, 4.69) is 10.1 Å². The number of aliphatic hydroxyl groups is 1. The van der Waals surface area contributed by atoms with Gasteiger partial charge in [-0.25, -0.2) is 4.68 Å². The Morgan fingerprint density at radius 3 is 2.40 bits per heavy atom. The number of rotatable bonds is 3. The lowest BCUT2D eigenvalue weighted by molar-refractivity contribution is -0.247. The number of aromatic nitrogens is 3. The molecule has 0 saturated heterocycles. The Balaban J connectivity index is 1.71. The first-order chi connectivity index (χ1) is 14.4. The smallest absolute Gasteiger partial charge is 0.372 e. The molecule has 30 heavy (non-hydrogen) atoms. The van der Waals surface area contributed by atoms with Crippen LogP contribution in [-0.2, 0) is 5.60 Å². The van der Waals surface area contributed by atoms with Gasteiger partial charge < -0.3 is 10.1 Å². The standard InChI is InChI=1S/C23H16F3N3O/c24-23(25,26)22(30,19-14-27-20-9-5-4-8-18(19)20)16-10-11-21-15(12-16)13-28-29(21)17-6-2-1-3-7-17/h1-14,27,30H. The molecule has 3 aromatic carbocycles. The van der Waals surface area contributed by atoms with E-state index in [-0.39, 0.29) is 11.1 Å². The topological polar surface area (TPSA) is 53.8 Å². The molecule has 2 heterocycles. The summed E-state index contributed by atoms with van der Waals surface area (Å²) in [6, 6.07) is 20.1. The first-order valence-corrected chi connectivity index (χ1v) is 9.29. The van der Waals surface area contributed by atoms with E-state index in [9.17, 15) is 18.3 Å². The highest BCUT2D eigenvalue weighted by molar-refractivity contribution is 5.86. The number of hydrogen-bond donors (Lipinski definition) is 2. The lowest BCUT2D eigenvalue weighted by Gasteiger charge is -2.31. The first kappa shape index (κ1) is 18.4. The van der Waals surface area contributed by atoms with Gasteiger partial charge in [0.2, 0.25) is 5.60 Å². The zero-order valence-electron chi connectivity index (χ0n) is 15.6. The van der Waals surface area contributed by atoms with Gasteiger partial charge in [-0.1, -0.05) is 42.5 Å². The molecule has 0 bridgehead atoms. The van der Waals surface area contributed by atoms with Gasteiger partial charge in [-0.3, -0.25) is 0 Å². The fraction of sp³-hybridized carbons (Fsp3) is 0.0870. The number of fused-ring (bicyclic) bond motifs is 2. The highest BCUT2D eigenvalue weighted by Gasteiger charge is 2.57. The number of para-hydroxylation sites is 2. The molecule has 150 valence electrons. The fourth-order valence-corrected chi connectivity index (χ4v) is 3.88. The highest BCUT2D eigenvalue weighted by atomic mass is 19.4. The molecule has 0 fully saturated rings. The zero-order chi connectivity index (χ0) is 20.9. The van der Waals surface area contributed by atoms with Crippen molar-refractivity contribution < 1.29 is 18.3 Å². The second-order valence-electron chi connectivity index (χ2n) is 7.12. The van der Waals surface area contributed by atoms with E-state index in [0.717, 1.165) is 5.69 Å². The van der Waals surface area contributed by atoms with E-state index >= 15 is 0 Å². The van der Waals surface area contributed by atoms with Gasteiger partial charge in [0.05, 0.1) is 17.4 Å². The molecule has 1 unspecified atom stereocenters. The van der Waals surface area contributed by atoms with Crippen LogP contribution in [-0.4, -0.2) is 26.0 Å². The predicted molar refractivity (Wildman–Crippen MR) is 108 cm³/mol. The summed E-state index contributed by atoms with van der Waals surface area (Å²) in [5, 5.41) is 16.2. The van der Waals surface area contributed by atoms with E-state index < -0.39 is 11.8 Å². The Morgan fingerprint density at radius 1 is 0.900 bits per heavy atom. The van der Waals surface area contributed by atoms with Crippen LogP contribution in [0, 0.1) is 0 Å². The summed E-state index contributed by atoms with van der Waals surface area (Å²) in [5.41, 5.74) is -1.71. The van der Waals surface area contributed by atoms with E-state index in [1.165, 1.54) is 24.5 Å². The van der Waals surface area contributed by atoms with Crippen LogP contribution >= 0.6 is 0 Å². The molecule has 0 aliphatic rings. The number of nitrogens with one attached hydrogen (secondary N) is 1. The second kappa shape index (κ2) is 6.47. The van der Waals surface area contributed by atoms with Crippen molar-refractivity contribution in [3.8, 4) is 5.69 Å². The van der Waals surface area contributed by atoms with Crippen LogP contribution in [0.2, 0.25) is 0 Å². The summed E-state index contributed by atoms with van der Waals surface area (Å²) in [6.45, 7) is 0. The maximum atomic E-state index is 14.3. The lowest BCUT2D eigenvalue weighted by Crippen LogP contribution is -2.43. The third-order valence-electron chi connectivity index (χ3n) is 5.38. The van der Waals surface area contributed by atoms with Gasteiger partial charge in [0, 0.05) is 28.0 Å². The number of aromatic amines is 1. The molecule has 5 rings (SSSR count). The SMILES string of the molecule is OC(c1ccc2c(cnn2-c2ccccc2)c1)(c1c[nH]c2ccccc12)C(F)(F)F. The maximum Gasteiger partial charge on any atom is 0.425 e. The number of benzene rings is 3. The molecular formula is C23H16F3N3O. The largest absolute Gasteiger partial charge is 0.425 e. The fourth-order valence-electron chi connectivity index (χ4n) is 3.88. The van der Waals surface area contributed by atoms with Crippen molar-refractivity contribution in [1.29, 1.82) is 0 Å². The summed E-state index contributed by atoms with van der Waals surface area (Å²) in [5.74, 6) is 0. The zero-order valence-corrected chi connectivity index (χ0v) is 15.6. The van der Waals surface area contributed by atoms with Crippen molar-refractivity contribution in [3.63, 3.8) is 0 Å². The van der Waals surface area contributed by atoms with E-state index in [1.54, 1.807) is 35.0 Å². The molecular weight excluding hydrogens is 391 g/mol. The normalized spacial score (nSPS) is 14.3. The van der Waals surface area contributed by atoms with Crippen molar-refractivity contribution in [3.05, 3.63) is 96.3 Å². The van der Waals surface area contributed by atoms with Crippen LogP contribution < -0.4 is 0 Å². The monoisotopic (exact) mass is 407 g/mol. The number of hydrogen-bond acceptors (Lipinski definition) is 2. The summed E-state index contributed by atoms with van der Waals surface area (Å²) in [7, 11) is 0. The minimum absolute atomic E-state index is 0.236. The Bertz CT molecular complexity index is 1350. The third kappa shape index (κ3) is 2.63. The number of H-pyrrole nitrogens is 1. The molecule has 5 aromatic rings. The molecule has 0 spiro atoms. The number of alkyl halides is 3. The van der Waals surface area contributed by atoms with Crippen LogP contribution in [0.3, 0.4) is 0 Å². The molecule has 0 amide bonds. The molecule has 0 aliphatic heterocycles. The van der Waals surface area contributed by atoms with Gasteiger partial charge in [0.15, 0.2) is 0 Å². The molecule has 0 radical (unpaired) electrons. The van der Waals surface area contributed by atoms with Gasteiger partial charge >= 0.3 is 6.18 Å². The van der Waals surface area contributed by atoms with Crippen LogP contribution in [0.1, 0.15) is 11.1 Å². The van der Waals surface area contributed by atoms with Gasteiger partial charge in [-0.05, 0) is 35.9 Å². The Labute approximate surface area is 169 Å².